The maximum absolute atomic E-state index is 13.1. The van der Waals surface area contributed by atoms with Crippen molar-refractivity contribution in [3.63, 3.8) is 0 Å². The Morgan fingerprint density at radius 3 is 2.59 bits per heavy atom. The minimum Gasteiger partial charge on any atom is -0.490 e. The lowest BCUT2D eigenvalue weighted by Crippen LogP contribution is -2.29. The summed E-state index contributed by atoms with van der Waals surface area (Å²) in [4.78, 5) is 27.1. The van der Waals surface area contributed by atoms with Crippen LogP contribution in [0.1, 0.15) is 28.4 Å². The number of halogens is 1. The molecule has 34 heavy (non-hydrogen) atoms. The number of hydrogen-bond acceptors (Lipinski definition) is 5. The number of esters is 1. The topological polar surface area (TPSA) is 79.6 Å². The van der Waals surface area contributed by atoms with Gasteiger partial charge in [-0.1, -0.05) is 24.3 Å². The second kappa shape index (κ2) is 10.0. The number of amides is 1. The number of rotatable bonds is 6. The highest BCUT2D eigenvalue weighted by atomic mass is 19.1. The van der Waals surface area contributed by atoms with Gasteiger partial charge in [-0.15, -0.1) is 0 Å². The molecular weight excluding hydrogens is 435 g/mol. The first kappa shape index (κ1) is 22.7. The van der Waals surface area contributed by atoms with E-state index in [-0.39, 0.29) is 28.5 Å². The molecule has 0 unspecified atom stereocenters. The molecule has 4 rings (SSSR count). The van der Waals surface area contributed by atoms with E-state index in [2.05, 4.69) is 0 Å². The minimum absolute atomic E-state index is 0.0183. The van der Waals surface area contributed by atoms with Gasteiger partial charge in [0.15, 0.2) is 11.5 Å². The van der Waals surface area contributed by atoms with Gasteiger partial charge in [0.2, 0.25) is 0 Å². The molecule has 6 nitrogen and oxygen atoms in total. The van der Waals surface area contributed by atoms with Crippen LogP contribution < -0.4 is 14.4 Å². The molecule has 0 aromatic heterocycles. The molecule has 7 heteroatoms. The summed E-state index contributed by atoms with van der Waals surface area (Å²) < 4.78 is 24.2. The number of para-hydroxylation sites is 1. The fourth-order valence-corrected chi connectivity index (χ4v) is 3.71. The maximum Gasteiger partial charge on any atom is 0.343 e. The molecule has 1 heterocycles. The van der Waals surface area contributed by atoms with Crippen LogP contribution in [0.4, 0.5) is 10.1 Å². The van der Waals surface area contributed by atoms with Gasteiger partial charge in [0.1, 0.15) is 17.5 Å². The molecule has 0 bridgehead atoms. The van der Waals surface area contributed by atoms with E-state index in [1.165, 1.54) is 36.4 Å². The second-order valence-electron chi connectivity index (χ2n) is 7.54. The summed E-state index contributed by atoms with van der Waals surface area (Å²) in [5.74, 6) is -1.04. The average molecular weight is 456 g/mol. The van der Waals surface area contributed by atoms with Crippen LogP contribution in [0.3, 0.4) is 0 Å². The maximum atomic E-state index is 13.1. The van der Waals surface area contributed by atoms with Gasteiger partial charge in [-0.25, -0.2) is 9.18 Å². The molecule has 170 valence electrons. The summed E-state index contributed by atoms with van der Waals surface area (Å²) in [5.41, 5.74) is 2.60. The standard InChI is InChI=1S/C27H21FN2O4/c1-2-33-25-16-18(7-12-24(25)34-27(32)20-8-10-22(28)11-9-20)15-21(17-29)26(31)30-14-13-19-5-3-4-6-23(19)30/h3-12,15-16H,2,13-14H2,1H3/b21-15+. The van der Waals surface area contributed by atoms with E-state index >= 15 is 0 Å². The number of fused-ring (bicyclic) bond motifs is 1. The zero-order valence-corrected chi connectivity index (χ0v) is 18.5. The first-order valence-corrected chi connectivity index (χ1v) is 10.8. The number of anilines is 1. The fourth-order valence-electron chi connectivity index (χ4n) is 3.71. The molecule has 0 saturated carbocycles. The number of nitriles is 1. The van der Waals surface area contributed by atoms with Gasteiger partial charge in [-0.3, -0.25) is 4.79 Å². The SMILES string of the molecule is CCOc1cc(/C=C(\C#N)C(=O)N2CCc3ccccc32)ccc1OC(=O)c1ccc(F)cc1. The summed E-state index contributed by atoms with van der Waals surface area (Å²) in [6, 6.07) is 19.4. The quantitative estimate of drug-likeness (QED) is 0.227. The van der Waals surface area contributed by atoms with Gasteiger partial charge in [0, 0.05) is 12.2 Å². The Morgan fingerprint density at radius 1 is 1.09 bits per heavy atom. The fraction of sp³-hybridized carbons (Fsp3) is 0.148. The van der Waals surface area contributed by atoms with Crippen molar-refractivity contribution in [2.45, 2.75) is 13.3 Å². The van der Waals surface area contributed by atoms with Crippen molar-refractivity contribution in [1.29, 1.82) is 5.26 Å². The van der Waals surface area contributed by atoms with Gasteiger partial charge < -0.3 is 14.4 Å². The van der Waals surface area contributed by atoms with Crippen molar-refractivity contribution in [1.82, 2.24) is 0 Å². The van der Waals surface area contributed by atoms with Gasteiger partial charge >= 0.3 is 5.97 Å². The first-order chi connectivity index (χ1) is 16.5. The van der Waals surface area contributed by atoms with Crippen LogP contribution in [0.2, 0.25) is 0 Å². The molecule has 0 aliphatic carbocycles. The van der Waals surface area contributed by atoms with E-state index in [9.17, 15) is 19.2 Å². The third-order valence-electron chi connectivity index (χ3n) is 5.34. The molecule has 3 aromatic rings. The number of ether oxygens (including phenoxy) is 2. The molecule has 0 fully saturated rings. The van der Waals surface area contributed by atoms with Crippen LogP contribution in [0.5, 0.6) is 11.5 Å². The molecule has 0 N–H and O–H groups in total. The van der Waals surface area contributed by atoms with E-state index in [1.54, 1.807) is 24.0 Å². The van der Waals surface area contributed by atoms with Crippen LogP contribution >= 0.6 is 0 Å². The lowest BCUT2D eigenvalue weighted by molar-refractivity contribution is -0.114. The van der Waals surface area contributed by atoms with Gasteiger partial charge in [0.25, 0.3) is 5.91 Å². The van der Waals surface area contributed by atoms with E-state index < -0.39 is 11.8 Å². The molecule has 1 amide bonds. The summed E-state index contributed by atoms with van der Waals surface area (Å²) in [6.07, 6.45) is 2.22. The predicted octanol–water partition coefficient (Wildman–Crippen LogP) is 4.94. The molecule has 1 aliphatic rings. The molecule has 0 radical (unpaired) electrons. The number of nitrogens with zero attached hydrogens (tertiary/aromatic N) is 2. The van der Waals surface area contributed by atoms with Crippen molar-refractivity contribution in [3.8, 4) is 17.6 Å². The van der Waals surface area contributed by atoms with Gasteiger partial charge in [-0.05, 0) is 73.0 Å². The first-order valence-electron chi connectivity index (χ1n) is 10.8. The molecule has 0 saturated heterocycles. The molecule has 0 spiro atoms. The Kier molecular flexibility index (Phi) is 6.69. The Morgan fingerprint density at radius 2 is 1.85 bits per heavy atom. The number of hydrogen-bond donors (Lipinski definition) is 0. The minimum atomic E-state index is -0.662. The van der Waals surface area contributed by atoms with Crippen LogP contribution in [-0.2, 0) is 11.2 Å². The summed E-state index contributed by atoms with van der Waals surface area (Å²) in [5, 5.41) is 9.66. The van der Waals surface area contributed by atoms with Crippen molar-refractivity contribution < 1.29 is 23.5 Å². The van der Waals surface area contributed by atoms with E-state index in [0.29, 0.717) is 18.7 Å². The van der Waals surface area contributed by atoms with E-state index in [0.717, 1.165) is 17.7 Å². The molecule has 0 atom stereocenters. The third-order valence-corrected chi connectivity index (χ3v) is 5.34. The van der Waals surface area contributed by atoms with Gasteiger partial charge in [-0.2, -0.15) is 5.26 Å². The molecule has 1 aliphatic heterocycles. The highest BCUT2D eigenvalue weighted by Gasteiger charge is 2.26. The highest BCUT2D eigenvalue weighted by Crippen LogP contribution is 2.32. The van der Waals surface area contributed by atoms with E-state index in [1.807, 2.05) is 30.3 Å². The predicted molar refractivity (Wildman–Crippen MR) is 125 cm³/mol. The Balaban J connectivity index is 1.58. The Bertz CT molecular complexity index is 1310. The van der Waals surface area contributed by atoms with Crippen LogP contribution in [0.15, 0.2) is 72.3 Å². The molecular formula is C27H21FN2O4. The Hall–Kier alpha value is -4.44. The highest BCUT2D eigenvalue weighted by molar-refractivity contribution is 6.12. The zero-order valence-electron chi connectivity index (χ0n) is 18.5. The van der Waals surface area contributed by atoms with Crippen molar-refractivity contribution in [3.05, 3.63) is 94.8 Å². The average Bonchev–Trinajstić information content (AvgIpc) is 3.28. The Labute approximate surface area is 196 Å². The number of carbonyl (C=O) groups is 2. The third kappa shape index (κ3) is 4.81. The summed E-state index contributed by atoms with van der Waals surface area (Å²) in [7, 11) is 0. The second-order valence-corrected chi connectivity index (χ2v) is 7.54. The number of benzene rings is 3. The lowest BCUT2D eigenvalue weighted by Gasteiger charge is -2.16. The smallest absolute Gasteiger partial charge is 0.343 e. The van der Waals surface area contributed by atoms with Gasteiger partial charge in [0.05, 0.1) is 12.2 Å². The summed E-state index contributed by atoms with van der Waals surface area (Å²) >= 11 is 0. The zero-order chi connectivity index (χ0) is 24.1. The monoisotopic (exact) mass is 456 g/mol. The molecule has 3 aromatic carbocycles. The number of carbonyl (C=O) groups excluding carboxylic acids is 2. The summed E-state index contributed by atoms with van der Waals surface area (Å²) in [6.45, 7) is 2.60. The normalized spacial score (nSPS) is 12.6. The van der Waals surface area contributed by atoms with Crippen molar-refractivity contribution in [2.75, 3.05) is 18.1 Å². The van der Waals surface area contributed by atoms with Crippen LogP contribution in [0.25, 0.3) is 6.08 Å². The van der Waals surface area contributed by atoms with E-state index in [4.69, 9.17) is 9.47 Å². The largest absolute Gasteiger partial charge is 0.490 e. The lowest BCUT2D eigenvalue weighted by atomic mass is 10.1. The van der Waals surface area contributed by atoms with Crippen LogP contribution in [0, 0.1) is 17.1 Å². The van der Waals surface area contributed by atoms with Crippen molar-refractivity contribution >= 4 is 23.6 Å². The van der Waals surface area contributed by atoms with Crippen molar-refractivity contribution in [2.24, 2.45) is 0 Å². The van der Waals surface area contributed by atoms with Crippen LogP contribution in [-0.4, -0.2) is 25.0 Å².